The van der Waals surface area contributed by atoms with Crippen molar-refractivity contribution in [2.24, 2.45) is 0 Å². The third kappa shape index (κ3) is 2.79. The highest BCUT2D eigenvalue weighted by molar-refractivity contribution is 5.85. The number of carbonyl (C=O) groups is 1. The average Bonchev–Trinajstić information content (AvgIpc) is 2.76. The first-order valence-electron chi connectivity index (χ1n) is 5.89. The van der Waals surface area contributed by atoms with Crippen LogP contribution in [0.15, 0.2) is 12.3 Å². The van der Waals surface area contributed by atoms with E-state index >= 15 is 0 Å². The molecular weight excluding hydrogens is 218 g/mol. The molecule has 1 fully saturated rings. The van der Waals surface area contributed by atoms with Crippen molar-refractivity contribution in [2.45, 2.75) is 19.3 Å². The molecule has 17 heavy (non-hydrogen) atoms. The number of aromatic nitrogens is 2. The molecule has 0 aromatic carbocycles. The van der Waals surface area contributed by atoms with Crippen molar-refractivity contribution in [1.29, 1.82) is 0 Å². The molecule has 2 heterocycles. The van der Waals surface area contributed by atoms with E-state index in [1.54, 1.807) is 13.1 Å². The van der Waals surface area contributed by atoms with Crippen LogP contribution in [-0.2, 0) is 4.74 Å². The van der Waals surface area contributed by atoms with Crippen LogP contribution < -0.4 is 0 Å². The smallest absolute Gasteiger partial charge is 0.376 e. The molecule has 1 aromatic rings. The highest BCUT2D eigenvalue weighted by atomic mass is 16.5. The van der Waals surface area contributed by atoms with Gasteiger partial charge in [0, 0.05) is 24.4 Å². The molecule has 1 unspecified atom stereocenters. The average molecular weight is 235 g/mol. The second-order valence-corrected chi connectivity index (χ2v) is 4.27. The molecule has 0 radical (unpaired) electrons. The van der Waals surface area contributed by atoms with E-state index in [2.05, 4.69) is 21.9 Å². The number of carbonyl (C=O) groups excluding carboxylic acids is 1. The Hall–Kier alpha value is -1.49. The van der Waals surface area contributed by atoms with Gasteiger partial charge in [-0.15, -0.1) is 0 Å². The molecule has 5 heteroatoms. The Labute approximate surface area is 101 Å². The summed E-state index contributed by atoms with van der Waals surface area (Å²) in [5.74, 6) is 0.121. The maximum absolute atomic E-state index is 11.5. The van der Waals surface area contributed by atoms with Gasteiger partial charge in [-0.1, -0.05) is 0 Å². The predicted molar refractivity (Wildman–Crippen MR) is 62.8 cm³/mol. The number of rotatable bonds is 3. The molecule has 1 aliphatic rings. The van der Waals surface area contributed by atoms with Gasteiger partial charge < -0.3 is 9.64 Å². The zero-order chi connectivity index (χ0) is 12.3. The van der Waals surface area contributed by atoms with Crippen LogP contribution in [0, 0.1) is 0 Å². The number of nitrogens with zero attached hydrogens (tertiary/aromatic N) is 3. The summed E-state index contributed by atoms with van der Waals surface area (Å²) in [4.78, 5) is 22.0. The maximum atomic E-state index is 11.5. The third-order valence-electron chi connectivity index (χ3n) is 2.94. The minimum atomic E-state index is -0.444. The van der Waals surface area contributed by atoms with E-state index in [9.17, 15) is 4.79 Å². The number of likely N-dealkylation sites (N-methyl/N-ethyl adjacent to an activating group) is 1. The summed E-state index contributed by atoms with van der Waals surface area (Å²) in [6.07, 6.45) is 2.71. The summed E-state index contributed by atoms with van der Waals surface area (Å²) in [6, 6.07) is 1.88. The van der Waals surface area contributed by atoms with Gasteiger partial charge in [-0.05, 0) is 33.0 Å². The molecule has 1 saturated heterocycles. The molecule has 1 atom stereocenters. The molecule has 0 aliphatic carbocycles. The van der Waals surface area contributed by atoms with Crippen molar-refractivity contribution in [1.82, 2.24) is 14.9 Å². The van der Waals surface area contributed by atoms with Crippen LogP contribution in [0.2, 0.25) is 0 Å². The van der Waals surface area contributed by atoms with E-state index in [1.165, 1.54) is 0 Å². The van der Waals surface area contributed by atoms with Gasteiger partial charge in [0.2, 0.25) is 5.82 Å². The second kappa shape index (κ2) is 5.23. The molecule has 0 amide bonds. The molecule has 2 rings (SSSR count). The lowest BCUT2D eigenvalue weighted by Gasteiger charge is -2.10. The summed E-state index contributed by atoms with van der Waals surface area (Å²) >= 11 is 0. The minimum Gasteiger partial charge on any atom is -0.460 e. The molecule has 0 saturated carbocycles. The lowest BCUT2D eigenvalue weighted by atomic mass is 10.1. The quantitative estimate of drug-likeness (QED) is 0.734. The number of hydrogen-bond donors (Lipinski definition) is 0. The summed E-state index contributed by atoms with van der Waals surface area (Å²) in [5.41, 5.74) is 0.937. The first-order valence-corrected chi connectivity index (χ1v) is 5.89. The summed E-state index contributed by atoms with van der Waals surface area (Å²) < 4.78 is 4.89. The van der Waals surface area contributed by atoms with E-state index in [0.29, 0.717) is 12.5 Å². The fourth-order valence-corrected chi connectivity index (χ4v) is 2.07. The lowest BCUT2D eigenvalue weighted by molar-refractivity contribution is 0.0511. The van der Waals surface area contributed by atoms with Crippen molar-refractivity contribution in [3.8, 4) is 0 Å². The molecule has 1 aromatic heterocycles. The Bertz CT molecular complexity index is 408. The van der Waals surface area contributed by atoms with Gasteiger partial charge in [-0.2, -0.15) is 0 Å². The molecule has 1 aliphatic heterocycles. The van der Waals surface area contributed by atoms with Crippen LogP contribution in [0.25, 0.3) is 0 Å². The standard InChI is InChI=1S/C12H17N3O2/c1-3-17-12(16)11-13-6-4-10(14-11)9-5-7-15(2)8-9/h4,6,9H,3,5,7-8H2,1-2H3. The highest BCUT2D eigenvalue weighted by Crippen LogP contribution is 2.24. The highest BCUT2D eigenvalue weighted by Gasteiger charge is 2.23. The zero-order valence-electron chi connectivity index (χ0n) is 10.2. The van der Waals surface area contributed by atoms with Crippen molar-refractivity contribution in [3.63, 3.8) is 0 Å². The summed E-state index contributed by atoms with van der Waals surface area (Å²) in [7, 11) is 2.09. The predicted octanol–water partition coefficient (Wildman–Crippen LogP) is 1.07. The first-order chi connectivity index (χ1) is 8.20. The van der Waals surface area contributed by atoms with Gasteiger partial charge in [0.25, 0.3) is 0 Å². The fourth-order valence-electron chi connectivity index (χ4n) is 2.07. The van der Waals surface area contributed by atoms with Gasteiger partial charge in [-0.25, -0.2) is 14.8 Å². The normalized spacial score (nSPS) is 20.5. The van der Waals surface area contributed by atoms with Gasteiger partial charge >= 0.3 is 5.97 Å². The molecule has 92 valence electrons. The van der Waals surface area contributed by atoms with Crippen LogP contribution in [0.1, 0.15) is 35.6 Å². The fraction of sp³-hybridized carbons (Fsp3) is 0.583. The molecular formula is C12H17N3O2. The Morgan fingerprint density at radius 1 is 1.65 bits per heavy atom. The van der Waals surface area contributed by atoms with Crippen molar-refractivity contribution < 1.29 is 9.53 Å². The van der Waals surface area contributed by atoms with Crippen LogP contribution in [-0.4, -0.2) is 47.6 Å². The largest absolute Gasteiger partial charge is 0.460 e. The van der Waals surface area contributed by atoms with Gasteiger partial charge in [0.05, 0.1) is 6.61 Å². The van der Waals surface area contributed by atoms with Crippen molar-refractivity contribution in [3.05, 3.63) is 23.8 Å². The molecule has 0 N–H and O–H groups in total. The van der Waals surface area contributed by atoms with Crippen molar-refractivity contribution >= 4 is 5.97 Å². The number of hydrogen-bond acceptors (Lipinski definition) is 5. The monoisotopic (exact) mass is 235 g/mol. The van der Waals surface area contributed by atoms with E-state index in [1.807, 2.05) is 6.07 Å². The Morgan fingerprint density at radius 2 is 2.47 bits per heavy atom. The van der Waals surface area contributed by atoms with Crippen LogP contribution in [0.4, 0.5) is 0 Å². The molecule has 0 bridgehead atoms. The number of ether oxygens (including phenoxy) is 1. The Kier molecular flexibility index (Phi) is 3.68. The molecule has 0 spiro atoms. The third-order valence-corrected chi connectivity index (χ3v) is 2.94. The van der Waals surface area contributed by atoms with Gasteiger partial charge in [-0.3, -0.25) is 0 Å². The first kappa shape index (κ1) is 12.0. The number of likely N-dealkylation sites (tertiary alicyclic amines) is 1. The van der Waals surface area contributed by atoms with E-state index in [0.717, 1.165) is 25.2 Å². The van der Waals surface area contributed by atoms with Gasteiger partial charge in [0.15, 0.2) is 0 Å². The topological polar surface area (TPSA) is 55.3 Å². The second-order valence-electron chi connectivity index (χ2n) is 4.27. The minimum absolute atomic E-state index is 0.166. The van der Waals surface area contributed by atoms with Crippen molar-refractivity contribution in [2.75, 3.05) is 26.7 Å². The van der Waals surface area contributed by atoms with Crippen LogP contribution in [0.5, 0.6) is 0 Å². The lowest BCUT2D eigenvalue weighted by Crippen LogP contribution is -2.15. The SMILES string of the molecule is CCOC(=O)c1nccc(C2CCN(C)C2)n1. The Morgan fingerprint density at radius 3 is 3.12 bits per heavy atom. The summed E-state index contributed by atoms with van der Waals surface area (Å²) in [5, 5.41) is 0. The van der Waals surface area contributed by atoms with E-state index < -0.39 is 5.97 Å². The maximum Gasteiger partial charge on any atom is 0.376 e. The molecule has 5 nitrogen and oxygen atoms in total. The van der Waals surface area contributed by atoms with Crippen LogP contribution in [0.3, 0.4) is 0 Å². The number of esters is 1. The van der Waals surface area contributed by atoms with Gasteiger partial charge in [0.1, 0.15) is 0 Å². The van der Waals surface area contributed by atoms with E-state index in [-0.39, 0.29) is 5.82 Å². The zero-order valence-corrected chi connectivity index (χ0v) is 10.2. The van der Waals surface area contributed by atoms with E-state index in [4.69, 9.17) is 4.74 Å². The van der Waals surface area contributed by atoms with Crippen LogP contribution >= 0.6 is 0 Å². The Balaban J connectivity index is 2.14. The summed E-state index contributed by atoms with van der Waals surface area (Å²) in [6.45, 7) is 4.18.